The molecule has 1 fully saturated rings. The first-order chi connectivity index (χ1) is 9.99. The van der Waals surface area contributed by atoms with Crippen LogP contribution in [0.1, 0.15) is 32.4 Å². The summed E-state index contributed by atoms with van der Waals surface area (Å²) < 4.78 is 6.29. The second kappa shape index (κ2) is 5.49. The van der Waals surface area contributed by atoms with Gasteiger partial charge in [-0.2, -0.15) is 0 Å². The molecule has 0 unspecified atom stereocenters. The molecule has 0 N–H and O–H groups in total. The van der Waals surface area contributed by atoms with E-state index in [0.29, 0.717) is 23.7 Å². The fourth-order valence-corrected chi connectivity index (χ4v) is 4.21. The highest BCUT2D eigenvalue weighted by Gasteiger charge is 2.43. The Morgan fingerprint density at radius 1 is 1.10 bits per heavy atom. The maximum absolute atomic E-state index is 6.29. The lowest BCUT2D eigenvalue weighted by Crippen LogP contribution is -2.42. The highest BCUT2D eigenvalue weighted by Crippen LogP contribution is 2.49. The molecule has 1 heterocycles. The van der Waals surface area contributed by atoms with E-state index in [4.69, 9.17) is 4.74 Å². The van der Waals surface area contributed by atoms with Crippen LogP contribution in [0.25, 0.3) is 0 Å². The zero-order chi connectivity index (χ0) is 15.1. The van der Waals surface area contributed by atoms with Crippen molar-refractivity contribution < 1.29 is 4.74 Å². The Kier molecular flexibility index (Phi) is 3.83. The van der Waals surface area contributed by atoms with E-state index in [2.05, 4.69) is 70.1 Å². The summed E-state index contributed by atoms with van der Waals surface area (Å²) in [5.74, 6) is 2.56. The van der Waals surface area contributed by atoms with Gasteiger partial charge in [0.1, 0.15) is 0 Å². The monoisotopic (exact) mass is 285 g/mol. The number of benzene rings is 1. The third kappa shape index (κ3) is 2.50. The molecule has 2 aliphatic rings. The first-order valence-corrected chi connectivity index (χ1v) is 8.06. The molecular weight excluding hydrogens is 258 g/mol. The number of hydrogen-bond donors (Lipinski definition) is 0. The number of ether oxygens (including phenoxy) is 1. The van der Waals surface area contributed by atoms with Crippen molar-refractivity contribution in [1.29, 1.82) is 0 Å². The van der Waals surface area contributed by atoms with Crippen molar-refractivity contribution in [3.63, 3.8) is 0 Å². The molecule has 1 aromatic carbocycles. The van der Waals surface area contributed by atoms with E-state index < -0.39 is 0 Å². The summed E-state index contributed by atoms with van der Waals surface area (Å²) in [6, 6.07) is 8.86. The lowest BCUT2D eigenvalue weighted by molar-refractivity contribution is -0.0934. The average molecular weight is 285 g/mol. The summed E-state index contributed by atoms with van der Waals surface area (Å²) >= 11 is 0. The summed E-state index contributed by atoms with van der Waals surface area (Å²) in [5, 5.41) is 0. The van der Waals surface area contributed by atoms with Crippen LogP contribution in [0.4, 0.5) is 5.69 Å². The van der Waals surface area contributed by atoms with Crippen LogP contribution in [0.5, 0.6) is 0 Å². The molecule has 1 aliphatic heterocycles. The van der Waals surface area contributed by atoms with E-state index in [9.17, 15) is 0 Å². The van der Waals surface area contributed by atoms with Crippen molar-refractivity contribution in [3.05, 3.63) is 41.5 Å². The van der Waals surface area contributed by atoms with Gasteiger partial charge in [-0.05, 0) is 42.4 Å². The van der Waals surface area contributed by atoms with Crippen LogP contribution in [0.3, 0.4) is 0 Å². The van der Waals surface area contributed by atoms with Crippen molar-refractivity contribution in [1.82, 2.24) is 0 Å². The molecule has 2 nitrogen and oxygen atoms in total. The molecule has 0 aromatic heterocycles. The van der Waals surface area contributed by atoms with Crippen LogP contribution in [-0.4, -0.2) is 20.7 Å². The van der Waals surface area contributed by atoms with E-state index in [1.165, 1.54) is 16.8 Å². The van der Waals surface area contributed by atoms with Crippen LogP contribution in [0.2, 0.25) is 0 Å². The summed E-state index contributed by atoms with van der Waals surface area (Å²) in [4.78, 5) is 2.14. The Hall–Kier alpha value is -1.28. The molecule has 0 amide bonds. The normalized spacial score (nSPS) is 35.3. The van der Waals surface area contributed by atoms with Gasteiger partial charge < -0.3 is 9.64 Å². The highest BCUT2D eigenvalue weighted by molar-refractivity contribution is 5.46. The number of hydrogen-bond acceptors (Lipinski definition) is 2. The second-order valence-electron chi connectivity index (χ2n) is 7.06. The van der Waals surface area contributed by atoms with Gasteiger partial charge in [-0.15, -0.1) is 0 Å². The highest BCUT2D eigenvalue weighted by atomic mass is 16.5. The van der Waals surface area contributed by atoms with Crippen LogP contribution in [0, 0.1) is 23.7 Å². The Balaban J connectivity index is 1.90. The Labute approximate surface area is 128 Å². The van der Waals surface area contributed by atoms with Crippen molar-refractivity contribution in [2.24, 2.45) is 23.7 Å². The number of rotatable bonds is 2. The molecule has 5 atom stereocenters. The fourth-order valence-electron chi connectivity index (χ4n) is 4.21. The Morgan fingerprint density at radius 3 is 2.38 bits per heavy atom. The zero-order valence-electron chi connectivity index (χ0n) is 13.8. The predicted octanol–water partition coefficient (Wildman–Crippen LogP) is 4.29. The number of anilines is 1. The second-order valence-corrected chi connectivity index (χ2v) is 7.06. The van der Waals surface area contributed by atoms with Crippen LogP contribution >= 0.6 is 0 Å². The van der Waals surface area contributed by atoms with Gasteiger partial charge in [0.2, 0.25) is 0 Å². The van der Waals surface area contributed by atoms with Gasteiger partial charge in [0.25, 0.3) is 0 Å². The molecule has 114 valence electrons. The molecule has 1 aliphatic carbocycles. The Bertz CT molecular complexity index is 531. The fraction of sp³-hybridized carbons (Fsp3) is 0.579. The van der Waals surface area contributed by atoms with E-state index >= 15 is 0 Å². The molecule has 3 rings (SSSR count). The van der Waals surface area contributed by atoms with Crippen molar-refractivity contribution in [2.75, 3.05) is 25.6 Å². The van der Waals surface area contributed by atoms with Gasteiger partial charge in [-0.25, -0.2) is 0 Å². The van der Waals surface area contributed by atoms with Crippen LogP contribution in [0.15, 0.2) is 35.9 Å². The lowest BCUT2D eigenvalue weighted by Gasteiger charge is -2.47. The quantitative estimate of drug-likeness (QED) is 0.752. The standard InChI is InChI=1S/C19H27NO/c1-12-10-13(2)18-14(3)17(12)11-21-19(18)15-6-8-16(9-7-15)20(4)5/h6-10,12,14,17-19H,11H2,1-5H3/t12-,14-,17-,18+,19-/m0/s1. The van der Waals surface area contributed by atoms with E-state index in [0.717, 1.165) is 6.61 Å². The summed E-state index contributed by atoms with van der Waals surface area (Å²) in [7, 11) is 4.16. The number of allylic oxidation sites excluding steroid dienone is 1. The summed E-state index contributed by atoms with van der Waals surface area (Å²) in [5.41, 5.74) is 4.07. The van der Waals surface area contributed by atoms with Gasteiger partial charge in [0.15, 0.2) is 0 Å². The predicted molar refractivity (Wildman–Crippen MR) is 88.5 cm³/mol. The Morgan fingerprint density at radius 2 is 1.76 bits per heavy atom. The minimum Gasteiger partial charge on any atom is -0.378 e. The molecule has 2 heteroatoms. The molecule has 0 saturated carbocycles. The third-order valence-corrected chi connectivity index (χ3v) is 5.50. The minimum absolute atomic E-state index is 0.219. The number of nitrogens with zero attached hydrogens (tertiary/aromatic N) is 1. The minimum atomic E-state index is 0.219. The van der Waals surface area contributed by atoms with Crippen LogP contribution < -0.4 is 4.90 Å². The first kappa shape index (κ1) is 14.6. The van der Waals surface area contributed by atoms with E-state index in [1.54, 1.807) is 0 Å². The zero-order valence-corrected chi connectivity index (χ0v) is 13.8. The largest absolute Gasteiger partial charge is 0.378 e. The number of fused-ring (bicyclic) bond motifs is 2. The molecule has 1 aromatic rings. The topological polar surface area (TPSA) is 12.5 Å². The maximum atomic E-state index is 6.29. The van der Waals surface area contributed by atoms with E-state index in [-0.39, 0.29) is 6.10 Å². The SMILES string of the molecule is CC1=C[C@H](C)[C@@H]2CO[C@@H](c3ccc(N(C)C)cc3)[C@H]1[C@H]2C. The first-order valence-electron chi connectivity index (χ1n) is 8.06. The molecule has 0 spiro atoms. The van der Waals surface area contributed by atoms with Gasteiger partial charge in [0, 0.05) is 25.7 Å². The van der Waals surface area contributed by atoms with Crippen LogP contribution in [-0.2, 0) is 4.74 Å². The molecule has 1 saturated heterocycles. The average Bonchev–Trinajstić information content (AvgIpc) is 2.44. The van der Waals surface area contributed by atoms with Gasteiger partial charge >= 0.3 is 0 Å². The molecular formula is C19H27NO. The maximum Gasteiger partial charge on any atom is 0.0892 e. The van der Waals surface area contributed by atoms with Crippen molar-refractivity contribution >= 4 is 5.69 Å². The smallest absolute Gasteiger partial charge is 0.0892 e. The van der Waals surface area contributed by atoms with Crippen molar-refractivity contribution in [2.45, 2.75) is 26.9 Å². The molecule has 2 bridgehead atoms. The summed E-state index contributed by atoms with van der Waals surface area (Å²) in [6.07, 6.45) is 2.69. The van der Waals surface area contributed by atoms with Gasteiger partial charge in [-0.1, -0.05) is 37.6 Å². The molecule has 21 heavy (non-hydrogen) atoms. The van der Waals surface area contributed by atoms with Gasteiger partial charge in [0.05, 0.1) is 12.7 Å². The van der Waals surface area contributed by atoms with Gasteiger partial charge in [-0.3, -0.25) is 0 Å². The summed E-state index contributed by atoms with van der Waals surface area (Å²) in [6.45, 7) is 7.91. The third-order valence-electron chi connectivity index (χ3n) is 5.50. The molecule has 0 radical (unpaired) electrons. The van der Waals surface area contributed by atoms with E-state index in [1.807, 2.05) is 0 Å². The lowest BCUT2D eigenvalue weighted by atomic mass is 9.64. The van der Waals surface area contributed by atoms with Crippen molar-refractivity contribution in [3.8, 4) is 0 Å².